The number of rotatable bonds is 8. The highest BCUT2D eigenvalue weighted by Crippen LogP contribution is 2.26. The molecule has 0 unspecified atom stereocenters. The second-order valence-electron chi connectivity index (χ2n) is 7.76. The molecule has 0 spiro atoms. The summed E-state index contributed by atoms with van der Waals surface area (Å²) in [6.07, 6.45) is 1.54. The molecule has 4 nitrogen and oxygen atoms in total. The van der Waals surface area contributed by atoms with Crippen LogP contribution in [0.2, 0.25) is 5.02 Å². The number of hydrogen-bond donors (Lipinski definition) is 2. The Kier molecular flexibility index (Phi) is 8.55. The Labute approximate surface area is 218 Å². The molecule has 0 atom stereocenters. The summed E-state index contributed by atoms with van der Waals surface area (Å²) in [5.41, 5.74) is 2.19. The Morgan fingerprint density at radius 2 is 1.58 bits per heavy atom. The van der Waals surface area contributed by atoms with E-state index in [1.165, 1.54) is 23.9 Å². The van der Waals surface area contributed by atoms with Crippen LogP contribution in [0.1, 0.15) is 21.5 Å². The van der Waals surface area contributed by atoms with E-state index in [1.807, 2.05) is 6.07 Å². The second-order valence-corrected chi connectivity index (χ2v) is 9.22. The molecular formula is C29H22ClFN2O2S. The summed E-state index contributed by atoms with van der Waals surface area (Å²) in [6.45, 7) is 0. The first kappa shape index (κ1) is 25.2. The molecule has 2 amide bonds. The van der Waals surface area contributed by atoms with E-state index >= 15 is 0 Å². The zero-order valence-electron chi connectivity index (χ0n) is 19.1. The van der Waals surface area contributed by atoms with Gasteiger partial charge in [-0.2, -0.15) is 0 Å². The number of benzene rings is 4. The van der Waals surface area contributed by atoms with Gasteiger partial charge in [-0.1, -0.05) is 72.3 Å². The van der Waals surface area contributed by atoms with Crippen LogP contribution in [-0.4, -0.2) is 11.8 Å². The van der Waals surface area contributed by atoms with Crippen LogP contribution < -0.4 is 10.6 Å². The Morgan fingerprint density at radius 3 is 2.36 bits per heavy atom. The largest absolute Gasteiger partial charge is 0.321 e. The van der Waals surface area contributed by atoms with E-state index in [9.17, 15) is 14.0 Å². The number of carbonyl (C=O) groups excluding carboxylic acids is 2. The molecule has 0 saturated carbocycles. The van der Waals surface area contributed by atoms with Crippen molar-refractivity contribution >= 4 is 46.9 Å². The molecule has 4 aromatic rings. The van der Waals surface area contributed by atoms with Crippen molar-refractivity contribution in [1.29, 1.82) is 0 Å². The topological polar surface area (TPSA) is 58.2 Å². The van der Waals surface area contributed by atoms with Crippen molar-refractivity contribution in [3.63, 3.8) is 0 Å². The molecule has 0 heterocycles. The van der Waals surface area contributed by atoms with E-state index < -0.39 is 11.8 Å². The van der Waals surface area contributed by atoms with Gasteiger partial charge in [0.05, 0.1) is 0 Å². The zero-order chi connectivity index (χ0) is 25.3. The standard InChI is InChI=1S/C29H22ClFN2O2S/c30-25-15-6-4-11-21(25)17-27(33-28(34)20-9-2-1-3-10-20)29(35)32-23-13-8-14-24(18-23)36-19-22-12-5-7-16-26(22)31/h1-18H,19H2,(H,32,35)(H,33,34)/b27-17-. The average molecular weight is 517 g/mol. The molecule has 180 valence electrons. The highest BCUT2D eigenvalue weighted by atomic mass is 35.5. The highest BCUT2D eigenvalue weighted by Gasteiger charge is 2.16. The number of amides is 2. The number of anilines is 1. The maximum atomic E-state index is 13.9. The predicted octanol–water partition coefficient (Wildman–Crippen LogP) is 7.18. The van der Waals surface area contributed by atoms with E-state index in [4.69, 9.17) is 11.6 Å². The van der Waals surface area contributed by atoms with Gasteiger partial charge < -0.3 is 10.6 Å². The van der Waals surface area contributed by atoms with Crippen LogP contribution in [0, 0.1) is 5.82 Å². The van der Waals surface area contributed by atoms with Crippen LogP contribution in [-0.2, 0) is 10.5 Å². The van der Waals surface area contributed by atoms with Gasteiger partial charge in [0.2, 0.25) is 0 Å². The molecule has 2 N–H and O–H groups in total. The Hall–Kier alpha value is -3.87. The first-order valence-corrected chi connectivity index (χ1v) is 12.5. The fourth-order valence-corrected chi connectivity index (χ4v) is 4.46. The van der Waals surface area contributed by atoms with E-state index in [2.05, 4.69) is 10.6 Å². The third-order valence-corrected chi connectivity index (χ3v) is 6.56. The van der Waals surface area contributed by atoms with Crippen molar-refractivity contribution in [3.05, 3.63) is 136 Å². The van der Waals surface area contributed by atoms with E-state index in [1.54, 1.807) is 91.0 Å². The second kappa shape index (κ2) is 12.2. The third-order valence-electron chi connectivity index (χ3n) is 5.18. The van der Waals surface area contributed by atoms with Gasteiger partial charge in [0, 0.05) is 26.9 Å². The average Bonchev–Trinajstić information content (AvgIpc) is 2.89. The van der Waals surface area contributed by atoms with Gasteiger partial charge in [0.25, 0.3) is 11.8 Å². The van der Waals surface area contributed by atoms with Gasteiger partial charge in [0.1, 0.15) is 11.5 Å². The molecule has 36 heavy (non-hydrogen) atoms. The molecule has 0 radical (unpaired) electrons. The molecule has 0 saturated heterocycles. The number of halogens is 2. The Bertz CT molecular complexity index is 1410. The van der Waals surface area contributed by atoms with Gasteiger partial charge in [0.15, 0.2) is 0 Å². The highest BCUT2D eigenvalue weighted by molar-refractivity contribution is 7.98. The Balaban J connectivity index is 1.53. The number of carbonyl (C=O) groups is 2. The first-order valence-electron chi connectivity index (χ1n) is 11.1. The minimum absolute atomic E-state index is 0.0429. The number of nitrogens with one attached hydrogen (secondary N) is 2. The van der Waals surface area contributed by atoms with Gasteiger partial charge >= 0.3 is 0 Å². The van der Waals surface area contributed by atoms with Crippen LogP contribution >= 0.6 is 23.4 Å². The first-order chi connectivity index (χ1) is 17.5. The quantitative estimate of drug-likeness (QED) is 0.192. The lowest BCUT2D eigenvalue weighted by Crippen LogP contribution is -2.30. The van der Waals surface area contributed by atoms with Crippen molar-refractivity contribution in [2.45, 2.75) is 10.6 Å². The fraction of sp³-hybridized carbons (Fsp3) is 0.0345. The normalized spacial score (nSPS) is 11.1. The maximum Gasteiger partial charge on any atom is 0.272 e. The van der Waals surface area contributed by atoms with Crippen LogP contribution in [0.4, 0.5) is 10.1 Å². The molecular weight excluding hydrogens is 495 g/mol. The van der Waals surface area contributed by atoms with Crippen molar-refractivity contribution in [2.75, 3.05) is 5.32 Å². The summed E-state index contributed by atoms with van der Waals surface area (Å²) >= 11 is 7.74. The van der Waals surface area contributed by atoms with E-state index in [0.717, 1.165) is 4.90 Å². The van der Waals surface area contributed by atoms with Gasteiger partial charge in [-0.3, -0.25) is 9.59 Å². The van der Waals surface area contributed by atoms with Gasteiger partial charge in [-0.15, -0.1) is 11.8 Å². The fourth-order valence-electron chi connectivity index (χ4n) is 3.33. The third kappa shape index (κ3) is 6.84. The lowest BCUT2D eigenvalue weighted by Gasteiger charge is -2.12. The summed E-state index contributed by atoms with van der Waals surface area (Å²) in [5, 5.41) is 5.98. The molecule has 0 bridgehead atoms. The maximum absolute atomic E-state index is 13.9. The van der Waals surface area contributed by atoms with Crippen molar-refractivity contribution in [1.82, 2.24) is 5.32 Å². The van der Waals surface area contributed by atoms with Crippen LogP contribution in [0.3, 0.4) is 0 Å². The van der Waals surface area contributed by atoms with Crippen LogP contribution in [0.5, 0.6) is 0 Å². The molecule has 0 aliphatic heterocycles. The molecule has 7 heteroatoms. The lowest BCUT2D eigenvalue weighted by molar-refractivity contribution is -0.113. The molecule has 0 aliphatic carbocycles. The van der Waals surface area contributed by atoms with Gasteiger partial charge in [-0.05, 0) is 59.7 Å². The SMILES string of the molecule is O=C(Nc1cccc(SCc2ccccc2F)c1)/C(=C/c1ccccc1Cl)NC(=O)c1ccccc1. The molecule has 0 aromatic heterocycles. The molecule has 4 aromatic carbocycles. The smallest absolute Gasteiger partial charge is 0.272 e. The van der Waals surface area contributed by atoms with Crippen molar-refractivity contribution in [3.8, 4) is 0 Å². The van der Waals surface area contributed by atoms with Crippen LogP contribution in [0.25, 0.3) is 6.08 Å². The van der Waals surface area contributed by atoms with Crippen molar-refractivity contribution < 1.29 is 14.0 Å². The molecule has 0 aliphatic rings. The van der Waals surface area contributed by atoms with Crippen LogP contribution in [0.15, 0.2) is 114 Å². The monoisotopic (exact) mass is 516 g/mol. The number of thioether (sulfide) groups is 1. The summed E-state index contributed by atoms with van der Waals surface area (Å²) in [7, 11) is 0. The summed E-state index contributed by atoms with van der Waals surface area (Å²) < 4.78 is 13.9. The lowest BCUT2D eigenvalue weighted by atomic mass is 10.1. The summed E-state index contributed by atoms with van der Waals surface area (Å²) in [4.78, 5) is 26.9. The zero-order valence-corrected chi connectivity index (χ0v) is 20.7. The van der Waals surface area contributed by atoms with Crippen molar-refractivity contribution in [2.24, 2.45) is 0 Å². The van der Waals surface area contributed by atoms with Gasteiger partial charge in [-0.25, -0.2) is 4.39 Å². The minimum atomic E-state index is -0.504. The molecule has 4 rings (SSSR count). The summed E-state index contributed by atoms with van der Waals surface area (Å²) in [6, 6.07) is 29.5. The van der Waals surface area contributed by atoms with E-state index in [0.29, 0.717) is 33.2 Å². The van der Waals surface area contributed by atoms with E-state index in [-0.39, 0.29) is 11.5 Å². The minimum Gasteiger partial charge on any atom is -0.321 e. The molecule has 0 fully saturated rings. The predicted molar refractivity (Wildman–Crippen MR) is 144 cm³/mol. The summed E-state index contributed by atoms with van der Waals surface area (Å²) in [5.74, 6) is -0.721. The Morgan fingerprint density at radius 1 is 0.861 bits per heavy atom. The number of hydrogen-bond acceptors (Lipinski definition) is 3.